The van der Waals surface area contributed by atoms with Gasteiger partial charge < -0.3 is 0 Å². The molecule has 2 heteroatoms. The molecule has 0 N–H and O–H groups in total. The fourth-order valence-corrected chi connectivity index (χ4v) is 8.82. The van der Waals surface area contributed by atoms with Gasteiger partial charge in [0.2, 0.25) is 0 Å². The molecule has 0 radical (unpaired) electrons. The van der Waals surface area contributed by atoms with Crippen LogP contribution in [0.15, 0.2) is 97.1 Å². The molecule has 0 fully saturated rings. The predicted molar refractivity (Wildman–Crippen MR) is 136 cm³/mol. The van der Waals surface area contributed by atoms with Gasteiger partial charge in [0.25, 0.3) is 0 Å². The molecular weight excluding hydrogens is 395 g/mol. The molecule has 1 heterocycles. The average Bonchev–Trinajstić information content (AvgIpc) is 2.80. The second-order valence-electron chi connectivity index (χ2n) is 9.22. The van der Waals surface area contributed by atoms with Crippen molar-refractivity contribution in [2.24, 2.45) is 0 Å². The quantitative estimate of drug-likeness (QED) is 0.362. The normalized spacial score (nSPS) is 14.8. The van der Waals surface area contributed by atoms with Crippen molar-refractivity contribution in [3.8, 4) is 11.5 Å². The topological polar surface area (TPSA) is 9.23 Å². The summed E-state index contributed by atoms with van der Waals surface area (Å²) in [6.45, 7) is 9.24. The first-order chi connectivity index (χ1) is 14.9. The number of fused-ring (bicyclic) bond motifs is 2. The van der Waals surface area contributed by atoms with E-state index in [2.05, 4.69) is 124 Å². The Bertz CT molecular complexity index is 1200. The van der Waals surface area contributed by atoms with Gasteiger partial charge in [0, 0.05) is 0 Å². The summed E-state index contributed by atoms with van der Waals surface area (Å²) in [6, 6.07) is 35.2. The third-order valence-corrected chi connectivity index (χ3v) is 11.5. The Hall–Kier alpha value is -2.89. The molecule has 1 aliphatic rings. The third-order valence-electron chi connectivity index (χ3n) is 7.02. The minimum absolute atomic E-state index is 0.117. The van der Waals surface area contributed by atoms with Gasteiger partial charge in [0.1, 0.15) is 0 Å². The maximum atomic E-state index is 6.80. The van der Waals surface area contributed by atoms with Crippen LogP contribution in [0, 0.1) is 6.92 Å². The number of aryl methyl sites for hydroxylation is 1. The van der Waals surface area contributed by atoms with Crippen molar-refractivity contribution < 1.29 is 4.74 Å². The van der Waals surface area contributed by atoms with Gasteiger partial charge in [-0.3, -0.25) is 0 Å². The summed E-state index contributed by atoms with van der Waals surface area (Å²) in [6.07, 6.45) is 0. The molecule has 0 saturated heterocycles. The Kier molecular flexibility index (Phi) is 4.76. The molecule has 4 aromatic carbocycles. The fraction of sp³-hybridized carbons (Fsp3) is 0.172. The van der Waals surface area contributed by atoms with E-state index in [0.717, 1.165) is 11.5 Å². The van der Waals surface area contributed by atoms with Crippen LogP contribution in [0.2, 0.25) is 0 Å². The van der Waals surface area contributed by atoms with Crippen LogP contribution in [-0.4, -0.2) is 6.66 Å². The first-order valence-electron chi connectivity index (χ1n) is 11.0. The summed E-state index contributed by atoms with van der Waals surface area (Å²) < 4.78 is 6.80. The van der Waals surface area contributed by atoms with Crippen molar-refractivity contribution in [2.45, 2.75) is 26.2 Å². The first-order valence-corrected chi connectivity index (χ1v) is 13.5. The minimum atomic E-state index is -2.28. The van der Waals surface area contributed by atoms with Gasteiger partial charge in [-0.25, -0.2) is 0 Å². The van der Waals surface area contributed by atoms with Crippen LogP contribution < -0.4 is 20.7 Å². The molecule has 31 heavy (non-hydrogen) atoms. The van der Waals surface area contributed by atoms with Crippen molar-refractivity contribution >= 4 is 23.2 Å². The van der Waals surface area contributed by atoms with E-state index in [-0.39, 0.29) is 5.41 Å². The number of rotatable bonds is 3. The van der Waals surface area contributed by atoms with E-state index in [9.17, 15) is 0 Å². The number of hydrogen-bond acceptors (Lipinski definition) is 1. The van der Waals surface area contributed by atoms with E-state index in [1.807, 2.05) is 0 Å². The molecular formula is C29H29OP. The SMILES string of the molecule is Cc1cccc2c1Oc1c(cccc1[PH](C)(c1ccccc1)c1ccccc1)C2(C)C. The van der Waals surface area contributed by atoms with E-state index in [1.165, 1.54) is 32.6 Å². The van der Waals surface area contributed by atoms with Crippen LogP contribution in [0.5, 0.6) is 11.5 Å². The molecule has 0 aliphatic carbocycles. The Labute approximate surface area is 186 Å². The Morgan fingerprint density at radius 1 is 0.613 bits per heavy atom. The average molecular weight is 425 g/mol. The monoisotopic (exact) mass is 424 g/mol. The zero-order chi connectivity index (χ0) is 21.6. The summed E-state index contributed by atoms with van der Waals surface area (Å²) in [5, 5.41) is 4.13. The molecule has 0 saturated carbocycles. The van der Waals surface area contributed by atoms with Gasteiger partial charge in [-0.05, 0) is 0 Å². The summed E-state index contributed by atoms with van der Waals surface area (Å²) in [4.78, 5) is 0. The van der Waals surface area contributed by atoms with Crippen LogP contribution in [0.3, 0.4) is 0 Å². The fourth-order valence-electron chi connectivity index (χ4n) is 5.08. The zero-order valence-corrected chi connectivity index (χ0v) is 19.6. The number of hydrogen-bond donors (Lipinski definition) is 0. The standard InChI is InChI=1S/C29H29OP/c1-21-13-11-18-24-27(21)30-28-25(29(24,2)3)19-12-20-26(28)31(4,22-14-7-5-8-15-22)23-16-9-6-10-17-23/h5-20,31H,1-4H3. The van der Waals surface area contributed by atoms with E-state index in [4.69, 9.17) is 4.74 Å². The van der Waals surface area contributed by atoms with Crippen molar-refractivity contribution in [3.05, 3.63) is 114 Å². The molecule has 0 bridgehead atoms. The molecule has 5 rings (SSSR count). The summed E-state index contributed by atoms with van der Waals surface area (Å²) in [5.74, 6) is 2.07. The Morgan fingerprint density at radius 2 is 1.13 bits per heavy atom. The van der Waals surface area contributed by atoms with Gasteiger partial charge >= 0.3 is 186 Å². The molecule has 0 spiro atoms. The molecule has 1 nitrogen and oxygen atoms in total. The maximum absolute atomic E-state index is 6.80. The predicted octanol–water partition coefficient (Wildman–Crippen LogP) is 6.08. The molecule has 1 aliphatic heterocycles. The summed E-state index contributed by atoms with van der Waals surface area (Å²) in [7, 11) is -2.28. The van der Waals surface area contributed by atoms with E-state index < -0.39 is 7.26 Å². The zero-order valence-electron chi connectivity index (χ0n) is 18.6. The van der Waals surface area contributed by atoms with Crippen LogP contribution in [-0.2, 0) is 5.41 Å². The van der Waals surface area contributed by atoms with Crippen molar-refractivity contribution in [1.29, 1.82) is 0 Å². The summed E-state index contributed by atoms with van der Waals surface area (Å²) >= 11 is 0. The van der Waals surface area contributed by atoms with Crippen molar-refractivity contribution in [3.63, 3.8) is 0 Å². The van der Waals surface area contributed by atoms with Gasteiger partial charge in [-0.1, -0.05) is 0 Å². The number of para-hydroxylation sites is 2. The number of ether oxygens (including phenoxy) is 1. The van der Waals surface area contributed by atoms with Crippen molar-refractivity contribution in [2.75, 3.05) is 6.66 Å². The molecule has 0 atom stereocenters. The molecule has 0 unspecified atom stereocenters. The van der Waals surface area contributed by atoms with Gasteiger partial charge in [0.05, 0.1) is 0 Å². The van der Waals surface area contributed by atoms with Crippen LogP contribution in [0.25, 0.3) is 0 Å². The van der Waals surface area contributed by atoms with Crippen LogP contribution in [0.1, 0.15) is 30.5 Å². The molecule has 4 aromatic rings. The van der Waals surface area contributed by atoms with Gasteiger partial charge in [0.15, 0.2) is 0 Å². The first kappa shape index (κ1) is 20.0. The Morgan fingerprint density at radius 3 is 1.71 bits per heavy atom. The molecule has 156 valence electrons. The third kappa shape index (κ3) is 3.03. The van der Waals surface area contributed by atoms with E-state index in [1.54, 1.807) is 0 Å². The Balaban J connectivity index is 1.82. The second kappa shape index (κ2) is 7.36. The van der Waals surface area contributed by atoms with E-state index >= 15 is 0 Å². The molecule has 0 amide bonds. The van der Waals surface area contributed by atoms with Crippen LogP contribution in [0.4, 0.5) is 0 Å². The van der Waals surface area contributed by atoms with Crippen LogP contribution >= 0.6 is 7.26 Å². The van der Waals surface area contributed by atoms with Gasteiger partial charge in [-0.15, -0.1) is 0 Å². The van der Waals surface area contributed by atoms with Gasteiger partial charge in [-0.2, -0.15) is 0 Å². The summed E-state index contributed by atoms with van der Waals surface area (Å²) in [5.41, 5.74) is 3.61. The van der Waals surface area contributed by atoms with E-state index in [0.29, 0.717) is 0 Å². The molecule has 0 aromatic heterocycles. The second-order valence-corrected chi connectivity index (χ2v) is 13.2. The number of benzene rings is 4. The van der Waals surface area contributed by atoms with Crippen molar-refractivity contribution in [1.82, 2.24) is 0 Å².